The monoisotopic (exact) mass is 418 g/mol. The van der Waals surface area contributed by atoms with Crippen molar-refractivity contribution in [2.75, 3.05) is 4.90 Å². The van der Waals surface area contributed by atoms with Gasteiger partial charge in [0.1, 0.15) is 22.9 Å². The molecule has 7 heteroatoms. The van der Waals surface area contributed by atoms with Gasteiger partial charge in [-0.3, -0.25) is 19.8 Å². The summed E-state index contributed by atoms with van der Waals surface area (Å²) in [5.41, 5.74) is 0.724. The maximum Gasteiger partial charge on any atom is 0.270 e. The van der Waals surface area contributed by atoms with Crippen molar-refractivity contribution in [1.29, 1.82) is 0 Å². The number of amides is 2. The van der Waals surface area contributed by atoms with Gasteiger partial charge in [0.05, 0.1) is 5.69 Å². The molecule has 0 spiro atoms. The third-order valence-corrected chi connectivity index (χ3v) is 4.62. The lowest BCUT2D eigenvalue weighted by Gasteiger charge is -2.29. The lowest BCUT2D eigenvalue weighted by atomic mass is 10.1. The molecule has 3 aromatic carbocycles. The molecule has 5 nitrogen and oxygen atoms in total. The molecule has 30 heavy (non-hydrogen) atoms. The first kappa shape index (κ1) is 19.5. The number of carbonyl (C=O) groups excluding carboxylic acids is 2. The summed E-state index contributed by atoms with van der Waals surface area (Å²) in [6, 6.07) is 21.6. The zero-order valence-corrected chi connectivity index (χ0v) is 16.4. The van der Waals surface area contributed by atoms with Gasteiger partial charge in [-0.25, -0.2) is 4.39 Å². The van der Waals surface area contributed by atoms with Crippen LogP contribution in [0, 0.1) is 5.82 Å². The van der Waals surface area contributed by atoms with Crippen LogP contribution in [0.4, 0.5) is 10.1 Å². The van der Waals surface area contributed by atoms with E-state index in [1.165, 1.54) is 29.2 Å². The highest BCUT2D eigenvalue weighted by Crippen LogP contribution is 2.27. The summed E-state index contributed by atoms with van der Waals surface area (Å²) in [5, 5.41) is 2.47. The normalized spacial score (nSPS) is 15.3. The van der Waals surface area contributed by atoms with Crippen LogP contribution in [0.1, 0.15) is 5.56 Å². The fourth-order valence-corrected chi connectivity index (χ4v) is 3.22. The van der Waals surface area contributed by atoms with Crippen molar-refractivity contribution in [2.24, 2.45) is 0 Å². The maximum absolute atomic E-state index is 13.5. The van der Waals surface area contributed by atoms with Crippen molar-refractivity contribution >= 4 is 40.9 Å². The van der Waals surface area contributed by atoms with Gasteiger partial charge in [-0.15, -0.1) is 0 Å². The fraction of sp³-hybridized carbons (Fsp3) is 0. The maximum atomic E-state index is 13.5. The molecule has 3 aromatic rings. The van der Waals surface area contributed by atoms with E-state index in [-0.39, 0.29) is 10.7 Å². The molecule has 0 aliphatic carbocycles. The largest absolute Gasteiger partial charge is 0.457 e. The van der Waals surface area contributed by atoms with E-state index in [2.05, 4.69) is 5.32 Å². The van der Waals surface area contributed by atoms with Crippen molar-refractivity contribution in [2.45, 2.75) is 0 Å². The fourth-order valence-electron chi connectivity index (χ4n) is 2.94. The Bertz CT molecular complexity index is 1160. The summed E-state index contributed by atoms with van der Waals surface area (Å²) in [6.45, 7) is 0. The number of thiocarbonyl (C=S) groups is 1. The van der Waals surface area contributed by atoms with E-state index in [9.17, 15) is 14.0 Å². The molecule has 148 valence electrons. The van der Waals surface area contributed by atoms with Crippen LogP contribution in [-0.2, 0) is 9.59 Å². The number of hydrogen-bond donors (Lipinski definition) is 1. The first-order valence-corrected chi connectivity index (χ1v) is 9.42. The van der Waals surface area contributed by atoms with E-state index in [1.54, 1.807) is 30.3 Å². The number of hydrogen-bond acceptors (Lipinski definition) is 4. The van der Waals surface area contributed by atoms with Crippen LogP contribution in [0.3, 0.4) is 0 Å². The summed E-state index contributed by atoms with van der Waals surface area (Å²) in [4.78, 5) is 26.5. The van der Waals surface area contributed by atoms with Gasteiger partial charge < -0.3 is 4.74 Å². The molecule has 0 unspecified atom stereocenters. The Morgan fingerprint density at radius 3 is 2.30 bits per heavy atom. The Labute approximate surface area is 177 Å². The Morgan fingerprint density at radius 1 is 0.900 bits per heavy atom. The highest BCUT2D eigenvalue weighted by molar-refractivity contribution is 7.80. The molecule has 1 heterocycles. The summed E-state index contributed by atoms with van der Waals surface area (Å²) < 4.78 is 19.2. The van der Waals surface area contributed by atoms with Crippen molar-refractivity contribution in [1.82, 2.24) is 5.32 Å². The van der Waals surface area contributed by atoms with Gasteiger partial charge in [-0.2, -0.15) is 0 Å². The average Bonchev–Trinajstić information content (AvgIpc) is 2.73. The van der Waals surface area contributed by atoms with Crippen molar-refractivity contribution in [3.63, 3.8) is 0 Å². The quantitative estimate of drug-likeness (QED) is 0.386. The zero-order valence-electron chi connectivity index (χ0n) is 15.5. The minimum atomic E-state index is -0.630. The number of nitrogens with one attached hydrogen (secondary N) is 1. The van der Waals surface area contributed by atoms with Crippen LogP contribution in [0.5, 0.6) is 11.5 Å². The molecule has 0 aromatic heterocycles. The van der Waals surface area contributed by atoms with Crippen LogP contribution in [0.2, 0.25) is 0 Å². The molecule has 1 fully saturated rings. The molecule has 1 aliphatic rings. The molecule has 0 radical (unpaired) electrons. The van der Waals surface area contributed by atoms with E-state index in [4.69, 9.17) is 17.0 Å². The number of carbonyl (C=O) groups is 2. The summed E-state index contributed by atoms with van der Waals surface area (Å²) in [5.74, 6) is -0.420. The minimum absolute atomic E-state index is 0.0295. The smallest absolute Gasteiger partial charge is 0.270 e. The molecule has 0 bridgehead atoms. The number of para-hydroxylation sites is 1. The number of rotatable bonds is 4. The van der Waals surface area contributed by atoms with Gasteiger partial charge in [0.25, 0.3) is 11.8 Å². The second-order valence-corrected chi connectivity index (χ2v) is 6.81. The van der Waals surface area contributed by atoms with Gasteiger partial charge in [0.2, 0.25) is 0 Å². The topological polar surface area (TPSA) is 58.6 Å². The van der Waals surface area contributed by atoms with Crippen molar-refractivity contribution < 1.29 is 18.7 Å². The molecule has 1 saturated heterocycles. The standard InChI is InChI=1S/C23H15FN2O3S/c24-16-6-4-5-15(13-16)14-20-21(27)25-23(30)26(22(20)28)17-9-11-19(12-10-17)29-18-7-2-1-3-8-18/h1-14H,(H,25,27,30). The minimum Gasteiger partial charge on any atom is -0.457 e. The predicted octanol–water partition coefficient (Wildman–Crippen LogP) is 4.45. The Balaban J connectivity index is 1.60. The molecule has 1 N–H and O–H groups in total. The third kappa shape index (κ3) is 4.11. The van der Waals surface area contributed by atoms with Crippen molar-refractivity contribution in [3.05, 3.63) is 95.8 Å². The number of ether oxygens (including phenoxy) is 1. The zero-order chi connectivity index (χ0) is 21.1. The van der Waals surface area contributed by atoms with Gasteiger partial charge in [-0.05, 0) is 72.4 Å². The van der Waals surface area contributed by atoms with Crippen LogP contribution < -0.4 is 15.0 Å². The Hall–Kier alpha value is -3.84. The molecular formula is C23H15FN2O3S. The van der Waals surface area contributed by atoms with E-state index in [1.807, 2.05) is 30.3 Å². The SMILES string of the molecule is O=C1NC(=S)N(c2ccc(Oc3ccccc3)cc2)C(=O)C1=Cc1cccc(F)c1. The first-order valence-electron chi connectivity index (χ1n) is 9.01. The van der Waals surface area contributed by atoms with Crippen LogP contribution >= 0.6 is 12.2 Å². The number of nitrogens with zero attached hydrogens (tertiary/aromatic N) is 1. The molecule has 1 aliphatic heterocycles. The summed E-state index contributed by atoms with van der Waals surface area (Å²) in [7, 11) is 0. The van der Waals surface area contributed by atoms with Crippen LogP contribution in [0.25, 0.3) is 6.08 Å². The van der Waals surface area contributed by atoms with E-state index >= 15 is 0 Å². The van der Waals surface area contributed by atoms with E-state index < -0.39 is 17.6 Å². The Kier molecular flexibility index (Phi) is 5.36. The summed E-state index contributed by atoms with van der Waals surface area (Å²) in [6.07, 6.45) is 1.34. The molecule has 2 amide bonds. The van der Waals surface area contributed by atoms with Gasteiger partial charge in [0, 0.05) is 0 Å². The third-order valence-electron chi connectivity index (χ3n) is 4.34. The van der Waals surface area contributed by atoms with Crippen LogP contribution in [0.15, 0.2) is 84.4 Å². The van der Waals surface area contributed by atoms with Gasteiger partial charge >= 0.3 is 0 Å². The Morgan fingerprint density at radius 2 is 1.60 bits per heavy atom. The van der Waals surface area contributed by atoms with Gasteiger partial charge in [-0.1, -0.05) is 30.3 Å². The highest BCUT2D eigenvalue weighted by atomic mass is 32.1. The number of halogens is 1. The first-order chi connectivity index (χ1) is 14.5. The van der Waals surface area contributed by atoms with E-state index in [0.717, 1.165) is 0 Å². The highest BCUT2D eigenvalue weighted by Gasteiger charge is 2.34. The second-order valence-electron chi connectivity index (χ2n) is 6.42. The number of benzene rings is 3. The molecule has 0 saturated carbocycles. The van der Waals surface area contributed by atoms with E-state index in [0.29, 0.717) is 22.7 Å². The summed E-state index contributed by atoms with van der Waals surface area (Å²) >= 11 is 5.19. The average molecular weight is 418 g/mol. The van der Waals surface area contributed by atoms with Crippen LogP contribution in [-0.4, -0.2) is 16.9 Å². The predicted molar refractivity (Wildman–Crippen MR) is 116 cm³/mol. The number of anilines is 1. The van der Waals surface area contributed by atoms with Gasteiger partial charge in [0.15, 0.2) is 5.11 Å². The second kappa shape index (κ2) is 8.26. The lowest BCUT2D eigenvalue weighted by molar-refractivity contribution is -0.122. The molecule has 0 atom stereocenters. The lowest BCUT2D eigenvalue weighted by Crippen LogP contribution is -2.54. The molecule has 4 rings (SSSR count). The molecular weight excluding hydrogens is 403 g/mol. The van der Waals surface area contributed by atoms with Crippen molar-refractivity contribution in [3.8, 4) is 11.5 Å².